The van der Waals surface area contributed by atoms with Crippen LogP contribution in [0.25, 0.3) is 0 Å². The molecule has 1 aromatic rings. The first-order chi connectivity index (χ1) is 8.90. The normalized spacial score (nSPS) is 23.5. The van der Waals surface area contributed by atoms with Gasteiger partial charge >= 0.3 is 0 Å². The first-order valence-corrected chi connectivity index (χ1v) is 8.47. The van der Waals surface area contributed by atoms with Gasteiger partial charge in [0.25, 0.3) is 0 Å². The molecule has 19 heavy (non-hydrogen) atoms. The van der Waals surface area contributed by atoms with Crippen molar-refractivity contribution >= 4 is 10.8 Å². The van der Waals surface area contributed by atoms with Crippen LogP contribution in [0.5, 0.6) is 5.75 Å². The second-order valence-electron chi connectivity index (χ2n) is 5.81. The quantitative estimate of drug-likeness (QED) is 0.901. The lowest BCUT2D eigenvalue weighted by Gasteiger charge is -2.30. The van der Waals surface area contributed by atoms with Gasteiger partial charge in [0.15, 0.2) is 0 Å². The molecule has 0 amide bonds. The van der Waals surface area contributed by atoms with Crippen molar-refractivity contribution in [1.82, 2.24) is 5.32 Å². The number of hydrogen-bond donors (Lipinski definition) is 1. The molecule has 0 saturated heterocycles. The minimum atomic E-state index is -0.725. The molecule has 0 bridgehead atoms. The molecule has 0 radical (unpaired) electrons. The van der Waals surface area contributed by atoms with Gasteiger partial charge in [0, 0.05) is 34.4 Å². The van der Waals surface area contributed by atoms with Crippen LogP contribution in [0, 0.1) is 0 Å². The maximum Gasteiger partial charge on any atom is 0.125 e. The maximum atomic E-state index is 11.2. The highest BCUT2D eigenvalue weighted by atomic mass is 32.2. The van der Waals surface area contributed by atoms with E-state index in [-0.39, 0.29) is 11.6 Å². The fourth-order valence-corrected chi connectivity index (χ4v) is 3.22. The van der Waals surface area contributed by atoms with E-state index in [1.54, 1.807) is 6.26 Å². The van der Waals surface area contributed by atoms with Crippen molar-refractivity contribution in [3.63, 3.8) is 0 Å². The van der Waals surface area contributed by atoms with E-state index in [0.29, 0.717) is 6.04 Å². The lowest BCUT2D eigenvalue weighted by molar-refractivity contribution is 0.0917. The summed E-state index contributed by atoms with van der Waals surface area (Å²) in [5, 5.41) is 3.62. The summed E-state index contributed by atoms with van der Waals surface area (Å²) in [5.74, 6) is 1.71. The first kappa shape index (κ1) is 14.5. The van der Waals surface area contributed by atoms with Crippen LogP contribution >= 0.6 is 0 Å². The third-order valence-electron chi connectivity index (χ3n) is 3.59. The maximum absolute atomic E-state index is 11.2. The number of hydrogen-bond acceptors (Lipinski definition) is 3. The van der Waals surface area contributed by atoms with E-state index >= 15 is 0 Å². The van der Waals surface area contributed by atoms with Crippen LogP contribution in [0.2, 0.25) is 0 Å². The van der Waals surface area contributed by atoms with E-state index in [1.807, 2.05) is 18.2 Å². The Balaban J connectivity index is 2.08. The van der Waals surface area contributed by atoms with Gasteiger partial charge in [0.1, 0.15) is 11.4 Å². The molecule has 2 rings (SSSR count). The number of ether oxygens (including phenoxy) is 1. The molecule has 1 heterocycles. The van der Waals surface area contributed by atoms with Crippen molar-refractivity contribution in [2.75, 3.05) is 12.0 Å². The molecule has 4 heteroatoms. The molecule has 0 spiro atoms. The number of nitrogens with one attached hydrogen (secondary N) is 1. The van der Waals surface area contributed by atoms with Gasteiger partial charge in [-0.05, 0) is 33.3 Å². The topological polar surface area (TPSA) is 38.3 Å². The van der Waals surface area contributed by atoms with Crippen molar-refractivity contribution in [1.29, 1.82) is 0 Å². The SMILES string of the molecule is CC(CCS(C)=O)NC1c2ccccc2OC1(C)C. The second kappa shape index (κ2) is 5.63. The van der Waals surface area contributed by atoms with Gasteiger partial charge in [-0.1, -0.05) is 18.2 Å². The summed E-state index contributed by atoms with van der Waals surface area (Å²) >= 11 is 0. The van der Waals surface area contributed by atoms with Crippen molar-refractivity contribution in [3.8, 4) is 5.75 Å². The molecule has 3 nitrogen and oxygen atoms in total. The highest BCUT2D eigenvalue weighted by Gasteiger charge is 2.41. The van der Waals surface area contributed by atoms with E-state index in [1.165, 1.54) is 5.56 Å². The fraction of sp³-hybridized carbons (Fsp3) is 0.600. The van der Waals surface area contributed by atoms with Crippen LogP contribution in [0.15, 0.2) is 24.3 Å². The van der Waals surface area contributed by atoms with E-state index in [0.717, 1.165) is 17.9 Å². The number of para-hydroxylation sites is 1. The third-order valence-corrected chi connectivity index (χ3v) is 4.40. The Labute approximate surface area is 118 Å². The molecule has 1 aromatic carbocycles. The molecular weight excluding hydrogens is 258 g/mol. The van der Waals surface area contributed by atoms with E-state index in [4.69, 9.17) is 4.74 Å². The molecule has 1 aliphatic rings. The third kappa shape index (κ3) is 3.37. The molecule has 3 atom stereocenters. The van der Waals surface area contributed by atoms with Crippen LogP contribution in [-0.2, 0) is 10.8 Å². The minimum Gasteiger partial charge on any atom is -0.486 e. The average Bonchev–Trinajstić information content (AvgIpc) is 2.58. The van der Waals surface area contributed by atoms with Crippen molar-refractivity contribution in [2.45, 2.75) is 44.9 Å². The molecule has 106 valence electrons. The Morgan fingerprint density at radius 2 is 2.11 bits per heavy atom. The molecule has 0 saturated carbocycles. The van der Waals surface area contributed by atoms with Gasteiger partial charge in [0.05, 0.1) is 6.04 Å². The summed E-state index contributed by atoms with van der Waals surface area (Å²) in [4.78, 5) is 0. The summed E-state index contributed by atoms with van der Waals surface area (Å²) in [7, 11) is -0.725. The van der Waals surface area contributed by atoms with Gasteiger partial charge in [-0.3, -0.25) is 4.21 Å². The Kier molecular flexibility index (Phi) is 4.31. The molecule has 3 unspecified atom stereocenters. The molecule has 1 aliphatic heterocycles. The molecule has 0 fully saturated rings. The van der Waals surface area contributed by atoms with Crippen LogP contribution < -0.4 is 10.1 Å². The standard InChI is InChI=1S/C15H23NO2S/c1-11(9-10-19(4)17)16-14-12-7-5-6-8-13(12)18-15(14,2)3/h5-8,11,14,16H,9-10H2,1-4H3. The number of fused-ring (bicyclic) bond motifs is 1. The smallest absolute Gasteiger partial charge is 0.125 e. The fourth-order valence-electron chi connectivity index (χ4n) is 2.53. The van der Waals surface area contributed by atoms with Crippen molar-refractivity contribution < 1.29 is 8.95 Å². The second-order valence-corrected chi connectivity index (χ2v) is 7.36. The summed E-state index contributed by atoms with van der Waals surface area (Å²) in [6, 6.07) is 8.69. The van der Waals surface area contributed by atoms with Crippen LogP contribution in [-0.4, -0.2) is 27.9 Å². The number of rotatable bonds is 5. The largest absolute Gasteiger partial charge is 0.486 e. The predicted molar refractivity (Wildman–Crippen MR) is 80.0 cm³/mol. The Morgan fingerprint density at radius 1 is 1.42 bits per heavy atom. The minimum absolute atomic E-state index is 0.184. The highest BCUT2D eigenvalue weighted by molar-refractivity contribution is 7.84. The zero-order chi connectivity index (χ0) is 14.0. The predicted octanol–water partition coefficient (Wildman–Crippen LogP) is 2.65. The van der Waals surface area contributed by atoms with E-state index < -0.39 is 10.8 Å². The van der Waals surface area contributed by atoms with E-state index in [9.17, 15) is 4.21 Å². The van der Waals surface area contributed by atoms with Gasteiger partial charge in [0.2, 0.25) is 0 Å². The Bertz CT molecular complexity index is 473. The first-order valence-electron chi connectivity index (χ1n) is 6.74. The molecular formula is C15H23NO2S. The Hall–Kier alpha value is -0.870. The molecule has 1 N–H and O–H groups in total. The van der Waals surface area contributed by atoms with Gasteiger partial charge in [-0.25, -0.2) is 0 Å². The lowest BCUT2D eigenvalue weighted by Crippen LogP contribution is -2.43. The summed E-state index contributed by atoms with van der Waals surface area (Å²) < 4.78 is 17.2. The van der Waals surface area contributed by atoms with Crippen molar-refractivity contribution in [3.05, 3.63) is 29.8 Å². The van der Waals surface area contributed by atoms with Crippen LogP contribution in [0.1, 0.15) is 38.8 Å². The summed E-state index contributed by atoms with van der Waals surface area (Å²) in [6.45, 7) is 6.36. The molecule has 0 aliphatic carbocycles. The van der Waals surface area contributed by atoms with E-state index in [2.05, 4.69) is 32.2 Å². The van der Waals surface area contributed by atoms with Gasteiger partial charge in [-0.15, -0.1) is 0 Å². The van der Waals surface area contributed by atoms with Crippen LogP contribution in [0.3, 0.4) is 0 Å². The van der Waals surface area contributed by atoms with Crippen molar-refractivity contribution in [2.24, 2.45) is 0 Å². The summed E-state index contributed by atoms with van der Waals surface area (Å²) in [6.07, 6.45) is 2.67. The van der Waals surface area contributed by atoms with Crippen LogP contribution in [0.4, 0.5) is 0 Å². The zero-order valence-corrected chi connectivity index (χ0v) is 12.9. The zero-order valence-electron chi connectivity index (χ0n) is 12.1. The van der Waals surface area contributed by atoms with Gasteiger partial charge < -0.3 is 10.1 Å². The average molecular weight is 281 g/mol. The summed E-state index contributed by atoms with van der Waals surface area (Å²) in [5.41, 5.74) is 0.973. The highest BCUT2D eigenvalue weighted by Crippen LogP contribution is 2.42. The Morgan fingerprint density at radius 3 is 2.79 bits per heavy atom. The molecule has 0 aromatic heterocycles. The van der Waals surface area contributed by atoms with Gasteiger partial charge in [-0.2, -0.15) is 0 Å². The monoisotopic (exact) mass is 281 g/mol. The lowest BCUT2D eigenvalue weighted by atomic mass is 9.93. The number of benzene rings is 1.